The number of hydrogen-bond donors (Lipinski definition) is 0. The monoisotopic (exact) mass is 547 g/mol. The fraction of sp³-hybridized carbons (Fsp3) is 0.0238. The average molecular weight is 548 g/mol. The van der Waals surface area contributed by atoms with Gasteiger partial charge in [-0.1, -0.05) is 127 Å². The lowest BCUT2D eigenvalue weighted by Crippen LogP contribution is -1.91. The minimum atomic E-state index is 1.18. The molecule has 8 rings (SSSR count). The predicted octanol–water partition coefficient (Wildman–Crippen LogP) is 11.5. The van der Waals surface area contributed by atoms with Crippen molar-refractivity contribution in [3.63, 3.8) is 0 Å². The lowest BCUT2D eigenvalue weighted by molar-refractivity contribution is 1.33. The quantitative estimate of drug-likeness (QED) is 0.200. The van der Waals surface area contributed by atoms with Gasteiger partial charge in [0.05, 0.1) is 0 Å². The highest BCUT2D eigenvalue weighted by Crippen LogP contribution is 2.44. The Morgan fingerprint density at radius 2 is 0.814 bits per heavy atom. The summed E-state index contributed by atoms with van der Waals surface area (Å²) in [5.74, 6) is 0. The molecule has 0 saturated carbocycles. The summed E-state index contributed by atoms with van der Waals surface area (Å²) in [6.07, 6.45) is 3.68. The van der Waals surface area contributed by atoms with Crippen LogP contribution >= 0.6 is 0 Å². The SMILES string of the molecule is Cc1ccc2cc(-c3c4ccccc4c(-c4cccc(-c5ccc(-c6ccncc6)cc5)c4)c4ccccc34)ccc2c1. The molecule has 0 radical (unpaired) electrons. The highest BCUT2D eigenvalue weighted by Gasteiger charge is 2.17. The van der Waals surface area contributed by atoms with Crippen molar-refractivity contribution < 1.29 is 0 Å². The average Bonchev–Trinajstić information content (AvgIpc) is 3.07. The van der Waals surface area contributed by atoms with E-state index < -0.39 is 0 Å². The second-order valence-electron chi connectivity index (χ2n) is 11.3. The second kappa shape index (κ2) is 10.4. The number of fused-ring (bicyclic) bond motifs is 3. The molecule has 1 aromatic heterocycles. The minimum Gasteiger partial charge on any atom is -0.265 e. The van der Waals surface area contributed by atoms with Crippen LogP contribution < -0.4 is 0 Å². The summed E-state index contributed by atoms with van der Waals surface area (Å²) in [4.78, 5) is 4.16. The van der Waals surface area contributed by atoms with Crippen molar-refractivity contribution in [3.05, 3.63) is 164 Å². The van der Waals surface area contributed by atoms with Gasteiger partial charge >= 0.3 is 0 Å². The second-order valence-corrected chi connectivity index (χ2v) is 11.3. The van der Waals surface area contributed by atoms with Gasteiger partial charge in [0.15, 0.2) is 0 Å². The Morgan fingerprint density at radius 1 is 0.349 bits per heavy atom. The number of benzene rings is 7. The lowest BCUT2D eigenvalue weighted by Gasteiger charge is -2.18. The Kier molecular flexibility index (Phi) is 6.09. The molecular weight excluding hydrogens is 518 g/mol. The molecule has 0 amide bonds. The summed E-state index contributed by atoms with van der Waals surface area (Å²) in [6.45, 7) is 2.15. The van der Waals surface area contributed by atoms with E-state index in [2.05, 4.69) is 145 Å². The summed E-state index contributed by atoms with van der Waals surface area (Å²) in [5.41, 5.74) is 11.1. The van der Waals surface area contributed by atoms with E-state index >= 15 is 0 Å². The molecule has 0 saturated heterocycles. The van der Waals surface area contributed by atoms with Crippen LogP contribution in [0.15, 0.2) is 158 Å². The van der Waals surface area contributed by atoms with Gasteiger partial charge in [0.2, 0.25) is 0 Å². The van der Waals surface area contributed by atoms with Gasteiger partial charge < -0.3 is 0 Å². The van der Waals surface area contributed by atoms with Crippen molar-refractivity contribution in [1.29, 1.82) is 0 Å². The number of rotatable bonds is 4. The zero-order valence-electron chi connectivity index (χ0n) is 24.0. The van der Waals surface area contributed by atoms with E-state index in [1.807, 2.05) is 24.5 Å². The zero-order valence-corrected chi connectivity index (χ0v) is 24.0. The Bertz CT molecular complexity index is 2220. The first kappa shape index (κ1) is 25.2. The van der Waals surface area contributed by atoms with Gasteiger partial charge in [0.1, 0.15) is 0 Å². The van der Waals surface area contributed by atoms with Crippen LogP contribution in [0.1, 0.15) is 5.56 Å². The Balaban J connectivity index is 1.31. The van der Waals surface area contributed by atoms with Gasteiger partial charge in [-0.3, -0.25) is 4.98 Å². The number of hydrogen-bond acceptors (Lipinski definition) is 1. The zero-order chi connectivity index (χ0) is 28.8. The molecule has 7 aromatic carbocycles. The van der Waals surface area contributed by atoms with Gasteiger partial charge in [-0.2, -0.15) is 0 Å². The van der Waals surface area contributed by atoms with E-state index in [1.54, 1.807) is 0 Å². The van der Waals surface area contributed by atoms with Crippen LogP contribution in [0.5, 0.6) is 0 Å². The van der Waals surface area contributed by atoms with E-state index in [0.717, 1.165) is 0 Å². The molecule has 0 spiro atoms. The van der Waals surface area contributed by atoms with Crippen molar-refractivity contribution >= 4 is 32.3 Å². The van der Waals surface area contributed by atoms with Gasteiger partial charge in [-0.15, -0.1) is 0 Å². The van der Waals surface area contributed by atoms with Crippen LogP contribution in [-0.2, 0) is 0 Å². The van der Waals surface area contributed by atoms with Crippen molar-refractivity contribution in [2.75, 3.05) is 0 Å². The molecule has 0 unspecified atom stereocenters. The highest BCUT2D eigenvalue weighted by molar-refractivity contribution is 6.21. The third kappa shape index (κ3) is 4.47. The third-order valence-electron chi connectivity index (χ3n) is 8.60. The van der Waals surface area contributed by atoms with E-state index in [1.165, 1.54) is 82.4 Å². The topological polar surface area (TPSA) is 12.9 Å². The number of aryl methyl sites for hydroxylation is 1. The molecule has 1 heterocycles. The van der Waals surface area contributed by atoms with Crippen LogP contribution in [0.25, 0.3) is 76.8 Å². The van der Waals surface area contributed by atoms with Crippen LogP contribution in [0.2, 0.25) is 0 Å². The Labute approximate surface area is 251 Å². The Hall–Kier alpha value is -5.53. The van der Waals surface area contributed by atoms with Crippen LogP contribution in [-0.4, -0.2) is 4.98 Å². The first-order valence-electron chi connectivity index (χ1n) is 14.8. The maximum Gasteiger partial charge on any atom is 0.0273 e. The molecule has 0 aliphatic carbocycles. The first-order valence-corrected chi connectivity index (χ1v) is 14.8. The van der Waals surface area contributed by atoms with E-state index in [0.29, 0.717) is 0 Å². The molecule has 1 nitrogen and oxygen atoms in total. The number of pyridine rings is 1. The van der Waals surface area contributed by atoms with Crippen LogP contribution in [0.3, 0.4) is 0 Å². The van der Waals surface area contributed by atoms with Crippen molar-refractivity contribution in [3.8, 4) is 44.5 Å². The molecule has 0 aliphatic rings. The van der Waals surface area contributed by atoms with E-state index in [4.69, 9.17) is 0 Å². The Morgan fingerprint density at radius 3 is 1.44 bits per heavy atom. The summed E-state index contributed by atoms with van der Waals surface area (Å²) < 4.78 is 0. The minimum absolute atomic E-state index is 1.18. The van der Waals surface area contributed by atoms with Gasteiger partial charge in [0.25, 0.3) is 0 Å². The molecule has 0 aliphatic heterocycles. The lowest BCUT2D eigenvalue weighted by atomic mass is 9.85. The number of nitrogens with zero attached hydrogens (tertiary/aromatic N) is 1. The fourth-order valence-corrected chi connectivity index (χ4v) is 6.52. The van der Waals surface area contributed by atoms with Crippen molar-refractivity contribution in [1.82, 2.24) is 4.98 Å². The maximum absolute atomic E-state index is 4.16. The smallest absolute Gasteiger partial charge is 0.0273 e. The standard InChI is InChI=1S/C42H29N/c1-28-13-14-34-27-36(20-19-33(34)25-28)42-39-11-4-2-9-37(39)41(38-10-3-5-12-40(38)42)35-8-6-7-32(26-35)30-17-15-29(16-18-30)31-21-23-43-24-22-31/h2-27H,1H3. The molecule has 0 N–H and O–H groups in total. The van der Waals surface area contributed by atoms with Crippen molar-refractivity contribution in [2.24, 2.45) is 0 Å². The van der Waals surface area contributed by atoms with Crippen molar-refractivity contribution in [2.45, 2.75) is 6.92 Å². The summed E-state index contributed by atoms with van der Waals surface area (Å²) in [5, 5.41) is 7.63. The summed E-state index contributed by atoms with van der Waals surface area (Å²) in [6, 6.07) is 53.3. The third-order valence-corrected chi connectivity index (χ3v) is 8.60. The fourth-order valence-electron chi connectivity index (χ4n) is 6.52. The van der Waals surface area contributed by atoms with Crippen LogP contribution in [0.4, 0.5) is 0 Å². The molecule has 1 heteroatoms. The van der Waals surface area contributed by atoms with Gasteiger partial charge in [0, 0.05) is 12.4 Å². The van der Waals surface area contributed by atoms with Gasteiger partial charge in [-0.05, 0) is 108 Å². The van der Waals surface area contributed by atoms with E-state index in [-0.39, 0.29) is 0 Å². The number of aromatic nitrogens is 1. The summed E-state index contributed by atoms with van der Waals surface area (Å²) >= 11 is 0. The molecule has 8 aromatic rings. The summed E-state index contributed by atoms with van der Waals surface area (Å²) in [7, 11) is 0. The van der Waals surface area contributed by atoms with Crippen LogP contribution in [0, 0.1) is 6.92 Å². The van der Waals surface area contributed by atoms with E-state index in [9.17, 15) is 0 Å². The molecule has 0 fully saturated rings. The van der Waals surface area contributed by atoms with Gasteiger partial charge in [-0.25, -0.2) is 0 Å². The molecule has 43 heavy (non-hydrogen) atoms. The largest absolute Gasteiger partial charge is 0.265 e. The molecule has 202 valence electrons. The normalized spacial score (nSPS) is 11.4. The predicted molar refractivity (Wildman–Crippen MR) is 183 cm³/mol. The molecular formula is C42H29N. The molecule has 0 bridgehead atoms. The molecule has 0 atom stereocenters. The maximum atomic E-state index is 4.16. The first-order chi connectivity index (χ1) is 21.2. The highest BCUT2D eigenvalue weighted by atomic mass is 14.6.